The van der Waals surface area contributed by atoms with Crippen LogP contribution in [0.4, 0.5) is 25.1 Å². The number of anilines is 2. The van der Waals surface area contributed by atoms with E-state index in [4.69, 9.17) is 23.9 Å². The van der Waals surface area contributed by atoms with Gasteiger partial charge in [0.25, 0.3) is 6.43 Å². The maximum Gasteiger partial charge on any atom is 0.410 e. The molecule has 3 saturated heterocycles. The fourth-order valence-electron chi connectivity index (χ4n) is 6.82. The number of morpholine rings is 1. The Morgan fingerprint density at radius 1 is 1.20 bits per heavy atom. The molecule has 1 amide bonds. The Kier molecular flexibility index (Phi) is 9.82. The first-order chi connectivity index (χ1) is 24.5. The molecule has 51 heavy (non-hydrogen) atoms. The maximum absolute atomic E-state index is 13.9. The number of halogens is 2. The summed E-state index contributed by atoms with van der Waals surface area (Å²) in [7, 11) is 0. The van der Waals surface area contributed by atoms with E-state index in [0.29, 0.717) is 68.2 Å². The Hall–Kier alpha value is -4.41. The highest BCUT2D eigenvalue weighted by molar-refractivity contribution is 7.13. The fourth-order valence-corrected chi connectivity index (χ4v) is 7.51. The van der Waals surface area contributed by atoms with E-state index >= 15 is 0 Å². The van der Waals surface area contributed by atoms with E-state index in [0.717, 1.165) is 11.1 Å². The summed E-state index contributed by atoms with van der Waals surface area (Å²) in [5.41, 5.74) is 2.23. The lowest BCUT2D eigenvalue weighted by atomic mass is 9.90. The van der Waals surface area contributed by atoms with Crippen molar-refractivity contribution in [2.45, 2.75) is 57.4 Å². The van der Waals surface area contributed by atoms with Crippen molar-refractivity contribution in [1.29, 1.82) is 0 Å². The molecule has 0 aliphatic carbocycles. The molecule has 0 bridgehead atoms. The van der Waals surface area contributed by atoms with Gasteiger partial charge in [0.15, 0.2) is 5.82 Å². The lowest BCUT2D eigenvalue weighted by Gasteiger charge is -2.53. The molecule has 0 aromatic carbocycles. The number of alkyl halides is 2. The van der Waals surface area contributed by atoms with Gasteiger partial charge in [-0.25, -0.2) is 33.3 Å². The van der Waals surface area contributed by atoms with Gasteiger partial charge in [-0.3, -0.25) is 0 Å². The van der Waals surface area contributed by atoms with Gasteiger partial charge in [-0.2, -0.15) is 0 Å². The van der Waals surface area contributed by atoms with Crippen molar-refractivity contribution in [2.24, 2.45) is 5.92 Å². The van der Waals surface area contributed by atoms with E-state index < -0.39 is 36.0 Å². The minimum atomic E-state index is -2.94. The molecule has 3 aromatic heterocycles. The van der Waals surface area contributed by atoms with Gasteiger partial charge in [-0.15, -0.1) is 11.3 Å². The number of pyridine rings is 1. The fraction of sp³-hybridized carbons (Fsp3) is 0.514. The summed E-state index contributed by atoms with van der Waals surface area (Å²) >= 11 is 1.34. The van der Waals surface area contributed by atoms with Crippen LogP contribution in [-0.2, 0) is 19.0 Å². The zero-order valence-electron chi connectivity index (χ0n) is 28.5. The molecule has 4 aliphatic rings. The molecule has 4 aliphatic heterocycles. The summed E-state index contributed by atoms with van der Waals surface area (Å²) in [5.74, 6) is -1.18. The number of hydrogen-bond donors (Lipinski definition) is 1. The van der Waals surface area contributed by atoms with Crippen molar-refractivity contribution in [3.8, 4) is 16.5 Å². The number of carboxylic acids is 1. The zero-order valence-corrected chi connectivity index (χ0v) is 29.4. The Balaban J connectivity index is 1.17. The average Bonchev–Trinajstić information content (AvgIpc) is 3.89. The zero-order chi connectivity index (χ0) is 35.9. The molecule has 272 valence electrons. The van der Waals surface area contributed by atoms with Crippen molar-refractivity contribution in [1.82, 2.24) is 19.9 Å². The minimum absolute atomic E-state index is 0.0651. The van der Waals surface area contributed by atoms with Crippen molar-refractivity contribution in [3.63, 3.8) is 0 Å². The van der Waals surface area contributed by atoms with Crippen LogP contribution >= 0.6 is 11.3 Å². The molecule has 16 heteroatoms. The van der Waals surface area contributed by atoms with E-state index in [2.05, 4.69) is 21.8 Å². The molecule has 0 unspecified atom stereocenters. The number of ether oxygens (including phenoxy) is 4. The second-order valence-electron chi connectivity index (χ2n) is 13.6. The maximum atomic E-state index is 13.9. The molecule has 0 radical (unpaired) electrons. The number of hydrogen-bond acceptors (Lipinski definition) is 12. The predicted molar refractivity (Wildman–Crippen MR) is 184 cm³/mol. The number of aliphatic carboxylic acids is 1. The summed E-state index contributed by atoms with van der Waals surface area (Å²) in [6.07, 6.45) is -0.242. The van der Waals surface area contributed by atoms with Gasteiger partial charge in [0.1, 0.15) is 29.3 Å². The van der Waals surface area contributed by atoms with Crippen molar-refractivity contribution < 1.29 is 42.4 Å². The number of carboxylic acid groups (broad SMARTS) is 1. The predicted octanol–water partition coefficient (Wildman–Crippen LogP) is 5.13. The average molecular weight is 727 g/mol. The quantitative estimate of drug-likeness (QED) is 0.296. The first kappa shape index (κ1) is 35.0. The number of rotatable bonds is 10. The minimum Gasteiger partial charge on any atom is -0.480 e. The molecule has 3 aromatic rings. The topological polar surface area (TPSA) is 140 Å². The number of nitrogens with zero attached hydrogens (tertiary/aromatic N) is 6. The van der Waals surface area contributed by atoms with Crippen LogP contribution in [0, 0.1) is 5.92 Å². The largest absolute Gasteiger partial charge is 0.480 e. The molecule has 0 saturated carbocycles. The molecular weight excluding hydrogens is 686 g/mol. The monoisotopic (exact) mass is 726 g/mol. The molecule has 7 rings (SSSR count). The van der Waals surface area contributed by atoms with Gasteiger partial charge in [0, 0.05) is 38.3 Å². The van der Waals surface area contributed by atoms with Gasteiger partial charge < -0.3 is 38.8 Å². The molecule has 3 atom stereocenters. The van der Waals surface area contributed by atoms with E-state index in [9.17, 15) is 23.5 Å². The highest BCUT2D eigenvalue weighted by Crippen LogP contribution is 2.41. The van der Waals surface area contributed by atoms with Crippen LogP contribution < -0.4 is 14.5 Å². The highest BCUT2D eigenvalue weighted by Gasteiger charge is 2.50. The van der Waals surface area contributed by atoms with Gasteiger partial charge in [-0.05, 0) is 41.5 Å². The molecule has 13 nitrogen and oxygen atoms in total. The van der Waals surface area contributed by atoms with Gasteiger partial charge >= 0.3 is 12.1 Å². The number of amides is 1. The van der Waals surface area contributed by atoms with Crippen LogP contribution in [0.5, 0.6) is 5.88 Å². The molecule has 7 heterocycles. The van der Waals surface area contributed by atoms with Crippen LogP contribution in [0.1, 0.15) is 45.0 Å². The highest BCUT2D eigenvalue weighted by atomic mass is 32.1. The third-order valence-corrected chi connectivity index (χ3v) is 10.6. The standard InChI is InChI=1S/C35H40F2N6O7S/c1-20(2)17-48-34(46)41-7-6-22(15-41)23-11-26(42-8-9-49-35(21(42)3)18-47-19-35)32(38-14-23)50-24-12-27(33(44)45)43(16-24)29-13-25(28-5-4-10-51-28)39-31(40-29)30(36)37/h4-6,10-11,13-14,20-21,24,27,30H,7-9,12,15-19H2,1-3H3,(H,44,45)/t21-,24-,27-/m0/s1. The van der Waals surface area contributed by atoms with E-state index in [1.807, 2.05) is 31.4 Å². The Morgan fingerprint density at radius 2 is 2.02 bits per heavy atom. The second kappa shape index (κ2) is 14.3. The Labute approximate surface area is 297 Å². The molecule has 3 fully saturated rings. The van der Waals surface area contributed by atoms with Crippen molar-refractivity contribution in [3.05, 3.63) is 53.3 Å². The van der Waals surface area contributed by atoms with Crippen LogP contribution in [0.15, 0.2) is 41.9 Å². The first-order valence-corrected chi connectivity index (χ1v) is 17.9. The van der Waals surface area contributed by atoms with Gasteiger partial charge in [0.05, 0.1) is 49.6 Å². The van der Waals surface area contributed by atoms with E-state index in [-0.39, 0.29) is 36.8 Å². The van der Waals surface area contributed by atoms with Crippen molar-refractivity contribution in [2.75, 3.05) is 62.4 Å². The summed E-state index contributed by atoms with van der Waals surface area (Å²) in [6, 6.07) is 5.89. The van der Waals surface area contributed by atoms with E-state index in [1.54, 1.807) is 29.3 Å². The summed E-state index contributed by atoms with van der Waals surface area (Å²) in [6.45, 7) is 9.13. The summed E-state index contributed by atoms with van der Waals surface area (Å²) < 4.78 is 51.6. The number of aromatic nitrogens is 3. The van der Waals surface area contributed by atoms with Crippen LogP contribution in [0.25, 0.3) is 16.1 Å². The van der Waals surface area contributed by atoms with E-state index in [1.165, 1.54) is 16.2 Å². The van der Waals surface area contributed by atoms with Crippen LogP contribution in [0.2, 0.25) is 0 Å². The third kappa shape index (κ3) is 7.08. The van der Waals surface area contributed by atoms with Crippen LogP contribution in [-0.4, -0.2) is 113 Å². The second-order valence-corrected chi connectivity index (χ2v) is 14.6. The molecular formula is C35H40F2N6O7S. The summed E-state index contributed by atoms with van der Waals surface area (Å²) in [4.78, 5) is 44.1. The van der Waals surface area contributed by atoms with Crippen LogP contribution in [0.3, 0.4) is 0 Å². The first-order valence-electron chi connectivity index (χ1n) is 17.0. The van der Waals surface area contributed by atoms with Gasteiger partial charge in [0.2, 0.25) is 5.88 Å². The molecule has 1 spiro atoms. The molecule has 1 N–H and O–H groups in total. The third-order valence-electron chi connectivity index (χ3n) is 9.69. The Bertz CT molecular complexity index is 1790. The number of carbonyl (C=O) groups is 2. The summed E-state index contributed by atoms with van der Waals surface area (Å²) in [5, 5.41) is 12.1. The SMILES string of the molecule is CC(C)COC(=O)N1CC=C(c2cnc(O[C@H]3C[C@@H](C(=O)O)N(c4cc(-c5cccs5)nc(C(F)F)n4)C3)c(N3CCOC4(COC4)[C@@H]3C)c2)C1. The smallest absolute Gasteiger partial charge is 0.410 e. The lowest BCUT2D eigenvalue weighted by Crippen LogP contribution is -2.68. The number of carbonyl (C=O) groups excluding carboxylic acids is 1. The lowest BCUT2D eigenvalue weighted by molar-refractivity contribution is -0.228. The normalized spacial score (nSPS) is 22.8. The Morgan fingerprint density at radius 3 is 2.71 bits per heavy atom. The number of thiophene rings is 1. The van der Waals surface area contributed by atoms with Gasteiger partial charge in [-0.1, -0.05) is 26.0 Å². The van der Waals surface area contributed by atoms with Crippen molar-refractivity contribution >= 4 is 40.5 Å².